The van der Waals surface area contributed by atoms with Gasteiger partial charge in [0.25, 0.3) is 0 Å². The monoisotopic (exact) mass is 445 g/mol. The molecule has 152 valence electrons. The molecule has 4 rings (SSSR count). The molecular weight excluding hydrogens is 431 g/mol. The van der Waals surface area contributed by atoms with Crippen LogP contribution in [0.4, 0.5) is 13.2 Å². The molecule has 0 aliphatic rings. The van der Waals surface area contributed by atoms with E-state index in [9.17, 15) is 13.2 Å². The van der Waals surface area contributed by atoms with Crippen LogP contribution >= 0.6 is 22.9 Å². The lowest BCUT2D eigenvalue weighted by Gasteiger charge is -2.06. The molecule has 2 aromatic carbocycles. The summed E-state index contributed by atoms with van der Waals surface area (Å²) in [4.78, 5) is 5.49. The number of halogens is 4. The molecule has 0 unspecified atom stereocenters. The summed E-state index contributed by atoms with van der Waals surface area (Å²) in [6.07, 6.45) is -2.65. The van der Waals surface area contributed by atoms with Gasteiger partial charge in [0.2, 0.25) is 0 Å². The number of aromatic nitrogens is 3. The molecule has 2 heterocycles. The highest BCUT2D eigenvalue weighted by Gasteiger charge is 2.30. The first-order valence-corrected chi connectivity index (χ1v) is 10.1. The van der Waals surface area contributed by atoms with E-state index < -0.39 is 11.7 Å². The molecule has 0 radical (unpaired) electrons. The van der Waals surface area contributed by atoms with Crippen molar-refractivity contribution in [3.8, 4) is 33.2 Å². The van der Waals surface area contributed by atoms with Crippen molar-refractivity contribution in [2.24, 2.45) is 7.05 Å². The molecule has 8 heteroatoms. The number of nitrogens with zero attached hydrogens (tertiary/aromatic N) is 3. The molecule has 0 saturated heterocycles. The van der Waals surface area contributed by atoms with Gasteiger partial charge >= 0.3 is 6.18 Å². The van der Waals surface area contributed by atoms with Gasteiger partial charge in [0.05, 0.1) is 10.6 Å². The summed E-state index contributed by atoms with van der Waals surface area (Å²) >= 11 is 7.80. The maximum absolute atomic E-state index is 12.8. The fourth-order valence-corrected chi connectivity index (χ4v) is 4.28. The summed E-state index contributed by atoms with van der Waals surface area (Å²) in [7, 11) is 1.78. The summed E-state index contributed by atoms with van der Waals surface area (Å²) in [5.74, 6) is 1.12. The zero-order chi connectivity index (χ0) is 21.5. The predicted octanol–water partition coefficient (Wildman–Crippen LogP) is 7.19. The third kappa shape index (κ3) is 3.78. The highest BCUT2D eigenvalue weighted by atomic mass is 35.5. The average molecular weight is 446 g/mol. The van der Waals surface area contributed by atoms with Gasteiger partial charge in [-0.05, 0) is 35.4 Å². The van der Waals surface area contributed by atoms with Crippen molar-refractivity contribution in [3.63, 3.8) is 0 Å². The van der Waals surface area contributed by atoms with Crippen molar-refractivity contribution in [3.05, 3.63) is 76.6 Å². The first-order chi connectivity index (χ1) is 14.3. The Hall–Kier alpha value is -2.90. The minimum Gasteiger partial charge on any atom is -0.248 e. The van der Waals surface area contributed by atoms with Gasteiger partial charge < -0.3 is 0 Å². The predicted molar refractivity (Wildman–Crippen MR) is 115 cm³/mol. The molecule has 30 heavy (non-hydrogen) atoms. The molecule has 3 nitrogen and oxygen atoms in total. The molecule has 0 saturated carbocycles. The van der Waals surface area contributed by atoms with Gasteiger partial charge in [-0.15, -0.1) is 11.3 Å². The number of benzene rings is 2. The minimum absolute atomic E-state index is 0.482. The Morgan fingerprint density at radius 1 is 1.10 bits per heavy atom. The van der Waals surface area contributed by atoms with Crippen LogP contribution in [0.2, 0.25) is 5.02 Å². The van der Waals surface area contributed by atoms with Gasteiger partial charge in [-0.25, -0.2) is 9.67 Å². The third-order valence-electron chi connectivity index (χ3n) is 4.61. The van der Waals surface area contributed by atoms with Gasteiger partial charge in [0, 0.05) is 28.4 Å². The Bertz CT molecular complexity index is 1220. The van der Waals surface area contributed by atoms with Crippen LogP contribution in [0.1, 0.15) is 11.1 Å². The van der Waals surface area contributed by atoms with Crippen LogP contribution in [0, 0.1) is 0 Å². The third-order valence-corrected chi connectivity index (χ3v) is 5.90. The normalized spacial score (nSPS) is 11.6. The van der Waals surface area contributed by atoms with Crippen LogP contribution in [0.15, 0.2) is 60.5 Å². The van der Waals surface area contributed by atoms with E-state index in [1.165, 1.54) is 23.5 Å². The number of rotatable bonds is 4. The summed E-state index contributed by atoms with van der Waals surface area (Å²) in [5, 5.41) is 6.93. The molecule has 0 N–H and O–H groups in total. The number of hydrogen-bond donors (Lipinski definition) is 0. The molecule has 0 aliphatic heterocycles. The first kappa shape index (κ1) is 20.4. The quantitative estimate of drug-likeness (QED) is 0.332. The molecule has 0 amide bonds. The van der Waals surface area contributed by atoms with Crippen LogP contribution in [0.5, 0.6) is 0 Å². The summed E-state index contributed by atoms with van der Waals surface area (Å²) < 4.78 is 40.0. The van der Waals surface area contributed by atoms with E-state index in [0.29, 0.717) is 27.8 Å². The summed E-state index contributed by atoms with van der Waals surface area (Å²) in [5.41, 5.74) is 2.40. The number of aryl methyl sites for hydroxylation is 1. The van der Waals surface area contributed by atoms with Crippen LogP contribution in [-0.2, 0) is 13.2 Å². The zero-order valence-electron chi connectivity index (χ0n) is 15.7. The fraction of sp³-hybridized carbons (Fsp3) is 0.0909. The maximum Gasteiger partial charge on any atom is 0.416 e. The van der Waals surface area contributed by atoms with Crippen molar-refractivity contribution in [1.82, 2.24) is 14.8 Å². The Labute approximate surface area is 180 Å². The standard InChI is InChI=1S/C22H15ClF3N3S/c1-3-13-5-4-6-17(23)19(13)20-27-21(29(2)28-20)15-11-18(30-12-15)14-7-9-16(10-8-14)22(24,25)26/h3-12H,1H2,2H3. The smallest absolute Gasteiger partial charge is 0.248 e. The molecular formula is C22H15ClF3N3S. The van der Waals surface area contributed by atoms with E-state index in [-0.39, 0.29) is 0 Å². The maximum atomic E-state index is 12.8. The number of thiophene rings is 1. The van der Waals surface area contributed by atoms with Gasteiger partial charge in [-0.1, -0.05) is 48.5 Å². The van der Waals surface area contributed by atoms with Crippen molar-refractivity contribution < 1.29 is 13.2 Å². The van der Waals surface area contributed by atoms with Crippen LogP contribution in [0.25, 0.3) is 39.3 Å². The van der Waals surface area contributed by atoms with Crippen molar-refractivity contribution in [2.45, 2.75) is 6.18 Å². The molecule has 0 bridgehead atoms. The Kier molecular flexibility index (Phi) is 5.26. The first-order valence-electron chi connectivity index (χ1n) is 8.87. The average Bonchev–Trinajstić information content (AvgIpc) is 3.34. The van der Waals surface area contributed by atoms with E-state index >= 15 is 0 Å². The van der Waals surface area contributed by atoms with Crippen molar-refractivity contribution in [2.75, 3.05) is 0 Å². The van der Waals surface area contributed by atoms with Gasteiger partial charge in [0.15, 0.2) is 11.6 Å². The Morgan fingerprint density at radius 3 is 2.50 bits per heavy atom. The van der Waals surface area contributed by atoms with Crippen LogP contribution in [0.3, 0.4) is 0 Å². The van der Waals surface area contributed by atoms with E-state index in [1.807, 2.05) is 23.6 Å². The second-order valence-corrected chi connectivity index (χ2v) is 7.88. The van der Waals surface area contributed by atoms with E-state index in [4.69, 9.17) is 11.6 Å². The van der Waals surface area contributed by atoms with Gasteiger partial charge in [-0.3, -0.25) is 0 Å². The molecule has 0 atom stereocenters. The molecule has 0 spiro atoms. The summed E-state index contributed by atoms with van der Waals surface area (Å²) in [6.45, 7) is 3.81. The Balaban J connectivity index is 1.69. The topological polar surface area (TPSA) is 30.7 Å². The highest BCUT2D eigenvalue weighted by molar-refractivity contribution is 7.14. The summed E-state index contributed by atoms with van der Waals surface area (Å²) in [6, 6.07) is 12.5. The van der Waals surface area contributed by atoms with Gasteiger partial charge in [-0.2, -0.15) is 18.3 Å². The highest BCUT2D eigenvalue weighted by Crippen LogP contribution is 2.36. The van der Waals surface area contributed by atoms with Gasteiger partial charge in [0.1, 0.15) is 0 Å². The molecule has 0 aliphatic carbocycles. The molecule has 4 aromatic rings. The lowest BCUT2D eigenvalue weighted by Crippen LogP contribution is -2.03. The minimum atomic E-state index is -4.35. The molecule has 0 fully saturated rings. The SMILES string of the molecule is C=Cc1cccc(Cl)c1-c1nc(-c2csc(-c3ccc(C(F)(F)F)cc3)c2)n(C)n1. The number of hydrogen-bond acceptors (Lipinski definition) is 3. The second-order valence-electron chi connectivity index (χ2n) is 6.57. The lowest BCUT2D eigenvalue weighted by atomic mass is 10.1. The van der Waals surface area contributed by atoms with Crippen LogP contribution < -0.4 is 0 Å². The lowest BCUT2D eigenvalue weighted by molar-refractivity contribution is -0.137. The Morgan fingerprint density at radius 2 is 1.83 bits per heavy atom. The fourth-order valence-electron chi connectivity index (χ4n) is 3.12. The van der Waals surface area contributed by atoms with E-state index in [2.05, 4.69) is 16.7 Å². The van der Waals surface area contributed by atoms with Crippen LogP contribution in [-0.4, -0.2) is 14.8 Å². The zero-order valence-corrected chi connectivity index (χ0v) is 17.3. The van der Waals surface area contributed by atoms with E-state index in [1.54, 1.807) is 23.9 Å². The number of alkyl halides is 3. The molecule has 2 aromatic heterocycles. The largest absolute Gasteiger partial charge is 0.416 e. The van der Waals surface area contributed by atoms with E-state index in [0.717, 1.165) is 28.1 Å². The van der Waals surface area contributed by atoms with Crippen molar-refractivity contribution >= 4 is 29.0 Å². The van der Waals surface area contributed by atoms with Crippen molar-refractivity contribution in [1.29, 1.82) is 0 Å². The second kappa shape index (κ2) is 7.74.